The number of hydrogen-bond donors (Lipinski definition) is 3. The highest BCUT2D eigenvalue weighted by Gasteiger charge is 2.24. The van der Waals surface area contributed by atoms with Crippen molar-refractivity contribution in [1.29, 1.82) is 0 Å². The first-order valence-corrected chi connectivity index (χ1v) is 14.7. The monoisotopic (exact) mass is 562 g/mol. The first kappa shape index (κ1) is 27.6. The van der Waals surface area contributed by atoms with Gasteiger partial charge in [0.15, 0.2) is 15.7 Å². The van der Waals surface area contributed by atoms with Crippen molar-refractivity contribution in [3.05, 3.63) is 60.8 Å². The zero-order valence-corrected chi connectivity index (χ0v) is 23.6. The van der Waals surface area contributed by atoms with E-state index in [2.05, 4.69) is 37.4 Å². The summed E-state index contributed by atoms with van der Waals surface area (Å²) in [6.45, 7) is 7.24. The van der Waals surface area contributed by atoms with Gasteiger partial charge < -0.3 is 25.8 Å². The number of anilines is 4. The Morgan fingerprint density at radius 3 is 2.52 bits per heavy atom. The molecule has 2 aromatic heterocycles. The summed E-state index contributed by atoms with van der Waals surface area (Å²) in [5, 5.41) is 5.61. The second-order valence-electron chi connectivity index (χ2n) is 10.2. The van der Waals surface area contributed by atoms with Gasteiger partial charge in [-0.05, 0) is 57.3 Å². The van der Waals surface area contributed by atoms with Crippen molar-refractivity contribution in [2.75, 3.05) is 56.1 Å². The zero-order chi connectivity index (χ0) is 28.4. The van der Waals surface area contributed by atoms with E-state index >= 15 is 0 Å². The van der Waals surface area contributed by atoms with Gasteiger partial charge in [0, 0.05) is 43.8 Å². The lowest BCUT2D eigenvalue weighted by Crippen LogP contribution is -2.47. The average molecular weight is 563 g/mol. The minimum atomic E-state index is -3.56. The molecule has 0 aliphatic carbocycles. The molecule has 11 nitrogen and oxygen atoms in total. The Hall–Kier alpha value is -4.00. The van der Waals surface area contributed by atoms with Gasteiger partial charge in [0.25, 0.3) is 0 Å². The first-order valence-electron chi connectivity index (χ1n) is 13.2. The van der Waals surface area contributed by atoms with E-state index in [1.54, 1.807) is 38.1 Å². The maximum absolute atomic E-state index is 13.0. The Morgan fingerprint density at radius 2 is 1.77 bits per heavy atom. The summed E-state index contributed by atoms with van der Waals surface area (Å²) >= 11 is 0. The molecule has 210 valence electrons. The SMILES string of the molecule is CC(C)S(=O)(=O)c1ccccc1Nc1nc(N)nc2ccn(-c3cccc(NC(=O)CN4CCN(C)CC4)c3)c12. The van der Waals surface area contributed by atoms with Crippen molar-refractivity contribution < 1.29 is 13.2 Å². The number of benzene rings is 2. The van der Waals surface area contributed by atoms with Gasteiger partial charge in [-0.15, -0.1) is 0 Å². The van der Waals surface area contributed by atoms with Crippen LogP contribution < -0.4 is 16.4 Å². The first-order chi connectivity index (χ1) is 19.1. The van der Waals surface area contributed by atoms with Gasteiger partial charge in [-0.2, -0.15) is 4.98 Å². The fourth-order valence-electron chi connectivity index (χ4n) is 4.71. The summed E-state index contributed by atoms with van der Waals surface area (Å²) in [5.41, 5.74) is 9.05. The third-order valence-electron chi connectivity index (χ3n) is 6.99. The molecule has 1 fully saturated rings. The molecule has 40 heavy (non-hydrogen) atoms. The topological polar surface area (TPSA) is 138 Å². The van der Waals surface area contributed by atoms with Crippen molar-refractivity contribution in [3.63, 3.8) is 0 Å². The minimum Gasteiger partial charge on any atom is -0.368 e. The zero-order valence-electron chi connectivity index (χ0n) is 22.8. The maximum Gasteiger partial charge on any atom is 0.238 e. The summed E-state index contributed by atoms with van der Waals surface area (Å²) in [5.74, 6) is 0.353. The van der Waals surface area contributed by atoms with Crippen LogP contribution in [-0.4, -0.2) is 83.7 Å². The summed E-state index contributed by atoms with van der Waals surface area (Å²) in [7, 11) is -1.48. The van der Waals surface area contributed by atoms with Gasteiger partial charge in [-0.3, -0.25) is 9.69 Å². The van der Waals surface area contributed by atoms with E-state index in [1.165, 1.54) is 0 Å². The number of amides is 1. The van der Waals surface area contributed by atoms with Crippen molar-refractivity contribution in [3.8, 4) is 5.69 Å². The molecule has 5 rings (SSSR count). The van der Waals surface area contributed by atoms with Gasteiger partial charge in [-0.1, -0.05) is 18.2 Å². The van der Waals surface area contributed by atoms with Gasteiger partial charge in [0.1, 0.15) is 5.52 Å². The van der Waals surface area contributed by atoms with E-state index in [-0.39, 0.29) is 16.8 Å². The normalized spacial score (nSPS) is 15.0. The van der Waals surface area contributed by atoms with E-state index in [4.69, 9.17) is 5.73 Å². The average Bonchev–Trinajstić information content (AvgIpc) is 3.34. The Labute approximate surface area is 233 Å². The summed E-state index contributed by atoms with van der Waals surface area (Å²) < 4.78 is 28.0. The van der Waals surface area contributed by atoms with Gasteiger partial charge in [0.05, 0.1) is 27.9 Å². The highest BCUT2D eigenvalue weighted by Crippen LogP contribution is 2.32. The number of carbonyl (C=O) groups is 1. The van der Waals surface area contributed by atoms with Crippen LogP contribution in [0.3, 0.4) is 0 Å². The van der Waals surface area contributed by atoms with E-state index in [9.17, 15) is 13.2 Å². The van der Waals surface area contributed by atoms with Crippen LogP contribution in [0.25, 0.3) is 16.7 Å². The molecule has 4 N–H and O–H groups in total. The molecule has 1 amide bonds. The van der Waals surface area contributed by atoms with Crippen LogP contribution in [0.1, 0.15) is 13.8 Å². The molecule has 1 aliphatic rings. The fourth-order valence-corrected chi connectivity index (χ4v) is 5.91. The Balaban J connectivity index is 1.46. The molecule has 1 aliphatic heterocycles. The van der Waals surface area contributed by atoms with E-state index in [1.807, 2.05) is 41.1 Å². The van der Waals surface area contributed by atoms with Gasteiger partial charge in [0.2, 0.25) is 11.9 Å². The maximum atomic E-state index is 13.0. The number of carbonyl (C=O) groups excluding carboxylic acids is 1. The standard InChI is InChI=1S/C28H34N8O3S/c1-19(2)40(38,39)24-10-5-4-9-22(24)31-27-26-23(32-28(29)33-27)11-12-36(26)21-8-6-7-20(17-21)30-25(37)18-35-15-13-34(3)14-16-35/h4-12,17,19H,13-16,18H2,1-3H3,(H,30,37)(H3,29,31,32,33). The summed E-state index contributed by atoms with van der Waals surface area (Å²) in [4.78, 5) is 26.1. The molecular weight excluding hydrogens is 528 g/mol. The van der Waals surface area contributed by atoms with Crippen molar-refractivity contribution >= 4 is 49.9 Å². The molecule has 0 radical (unpaired) electrons. The van der Waals surface area contributed by atoms with Crippen LogP contribution in [0.15, 0.2) is 65.7 Å². The molecule has 4 aromatic rings. The summed E-state index contributed by atoms with van der Waals surface area (Å²) in [6, 6.07) is 16.0. The lowest BCUT2D eigenvalue weighted by atomic mass is 10.2. The van der Waals surface area contributed by atoms with Gasteiger partial charge in [-0.25, -0.2) is 13.4 Å². The van der Waals surface area contributed by atoms with Crippen molar-refractivity contribution in [2.45, 2.75) is 24.0 Å². The number of sulfone groups is 1. The van der Waals surface area contributed by atoms with E-state index < -0.39 is 15.1 Å². The highest BCUT2D eigenvalue weighted by molar-refractivity contribution is 7.92. The van der Waals surface area contributed by atoms with Crippen LogP contribution in [0.2, 0.25) is 0 Å². The molecule has 0 saturated carbocycles. The number of rotatable bonds is 8. The number of fused-ring (bicyclic) bond motifs is 1. The smallest absolute Gasteiger partial charge is 0.238 e. The number of nitrogens with one attached hydrogen (secondary N) is 2. The molecule has 3 heterocycles. The second-order valence-corrected chi connectivity index (χ2v) is 12.7. The van der Waals surface area contributed by atoms with Crippen molar-refractivity contribution in [1.82, 2.24) is 24.3 Å². The Bertz CT molecular complexity index is 1640. The second kappa shape index (κ2) is 11.2. The molecule has 0 unspecified atom stereocenters. The largest absolute Gasteiger partial charge is 0.368 e. The number of likely N-dealkylation sites (N-methyl/N-ethyl adjacent to an activating group) is 1. The number of para-hydroxylation sites is 1. The van der Waals surface area contributed by atoms with Crippen LogP contribution >= 0.6 is 0 Å². The number of nitrogens with zero attached hydrogens (tertiary/aromatic N) is 5. The van der Waals surface area contributed by atoms with E-state index in [0.717, 1.165) is 31.9 Å². The van der Waals surface area contributed by atoms with Crippen LogP contribution in [-0.2, 0) is 14.6 Å². The minimum absolute atomic E-state index is 0.0573. The van der Waals surface area contributed by atoms with Crippen LogP contribution in [0.4, 0.5) is 23.1 Å². The fraction of sp³-hybridized carbons (Fsp3) is 0.321. The number of nitrogen functional groups attached to an aromatic ring is 1. The van der Waals surface area contributed by atoms with Gasteiger partial charge >= 0.3 is 0 Å². The molecule has 1 saturated heterocycles. The Morgan fingerprint density at radius 1 is 1.02 bits per heavy atom. The molecule has 0 spiro atoms. The Kier molecular flexibility index (Phi) is 7.74. The highest BCUT2D eigenvalue weighted by atomic mass is 32.2. The number of aromatic nitrogens is 3. The van der Waals surface area contributed by atoms with Crippen LogP contribution in [0.5, 0.6) is 0 Å². The third kappa shape index (κ3) is 5.79. The number of hydrogen-bond acceptors (Lipinski definition) is 9. The molecule has 0 bridgehead atoms. The quantitative estimate of drug-likeness (QED) is 0.296. The molecule has 0 atom stereocenters. The van der Waals surface area contributed by atoms with Crippen LogP contribution in [0, 0.1) is 0 Å². The number of nitrogens with two attached hydrogens (primary N) is 1. The van der Waals surface area contributed by atoms with Crippen molar-refractivity contribution in [2.24, 2.45) is 0 Å². The number of piperazine rings is 1. The molecular formula is C28H34N8O3S. The third-order valence-corrected chi connectivity index (χ3v) is 9.20. The van der Waals surface area contributed by atoms with E-state index in [0.29, 0.717) is 34.8 Å². The molecule has 12 heteroatoms. The molecule has 2 aromatic carbocycles. The summed E-state index contributed by atoms with van der Waals surface area (Å²) in [6.07, 6.45) is 1.84. The predicted molar refractivity (Wildman–Crippen MR) is 158 cm³/mol. The lowest BCUT2D eigenvalue weighted by Gasteiger charge is -2.31. The lowest BCUT2D eigenvalue weighted by molar-refractivity contribution is -0.117. The predicted octanol–water partition coefficient (Wildman–Crippen LogP) is 3.11.